The number of amides is 1. The van der Waals surface area contributed by atoms with E-state index in [1.54, 1.807) is 0 Å². The van der Waals surface area contributed by atoms with Crippen LogP contribution in [0.5, 0.6) is 0 Å². The molecule has 0 radical (unpaired) electrons. The third-order valence-corrected chi connectivity index (χ3v) is 1.58. The predicted molar refractivity (Wildman–Crippen MR) is 39.1 cm³/mol. The van der Waals surface area contributed by atoms with Gasteiger partial charge in [0.2, 0.25) is 5.91 Å². The molecule has 0 spiro atoms. The molecule has 1 amide bonds. The van der Waals surface area contributed by atoms with Gasteiger partial charge in [0.1, 0.15) is 6.23 Å². The Morgan fingerprint density at radius 1 is 1.67 bits per heavy atom. The number of carbonyl (C=O) groups is 2. The molecule has 0 saturated heterocycles. The number of aliphatic carboxylic acids is 1. The number of aliphatic hydroxyl groups is 1. The van der Waals surface area contributed by atoms with Gasteiger partial charge in [-0.3, -0.25) is 9.59 Å². The first kappa shape index (κ1) is 8.73. The predicted octanol–water partition coefficient (Wildman–Crippen LogP) is -0.822. The summed E-state index contributed by atoms with van der Waals surface area (Å²) in [5.41, 5.74) is 0. The summed E-state index contributed by atoms with van der Waals surface area (Å²) in [5.74, 6) is -1.33. The van der Waals surface area contributed by atoms with Crippen LogP contribution in [-0.4, -0.2) is 39.8 Å². The molecule has 0 aromatic carbocycles. The number of aliphatic hydroxyl groups excluding tert-OH is 1. The maximum absolute atomic E-state index is 10.9. The van der Waals surface area contributed by atoms with Crippen LogP contribution in [0, 0.1) is 0 Å². The molecule has 12 heavy (non-hydrogen) atoms. The van der Waals surface area contributed by atoms with E-state index in [1.165, 1.54) is 12.2 Å². The van der Waals surface area contributed by atoms with Gasteiger partial charge in [0, 0.05) is 12.6 Å². The Morgan fingerprint density at radius 2 is 2.33 bits per heavy atom. The van der Waals surface area contributed by atoms with E-state index in [0.717, 1.165) is 4.90 Å². The van der Waals surface area contributed by atoms with Crippen LogP contribution in [0.25, 0.3) is 0 Å². The first-order chi connectivity index (χ1) is 5.61. The van der Waals surface area contributed by atoms with E-state index >= 15 is 0 Å². The van der Waals surface area contributed by atoms with Crippen LogP contribution < -0.4 is 0 Å². The molecular formula is C7H9NO4. The number of rotatable bonds is 3. The first-order valence-corrected chi connectivity index (χ1v) is 3.50. The molecule has 0 fully saturated rings. The van der Waals surface area contributed by atoms with Crippen LogP contribution in [0.4, 0.5) is 0 Å². The van der Waals surface area contributed by atoms with Gasteiger partial charge >= 0.3 is 5.97 Å². The van der Waals surface area contributed by atoms with Gasteiger partial charge < -0.3 is 15.1 Å². The maximum Gasteiger partial charge on any atom is 0.305 e. The summed E-state index contributed by atoms with van der Waals surface area (Å²) in [4.78, 5) is 22.1. The molecule has 5 heteroatoms. The van der Waals surface area contributed by atoms with Crippen molar-refractivity contribution in [1.82, 2.24) is 4.90 Å². The van der Waals surface area contributed by atoms with Crippen LogP contribution in [0.2, 0.25) is 0 Å². The van der Waals surface area contributed by atoms with E-state index in [-0.39, 0.29) is 18.9 Å². The lowest BCUT2D eigenvalue weighted by molar-refractivity contribution is -0.139. The van der Waals surface area contributed by atoms with Crippen molar-refractivity contribution in [3.05, 3.63) is 12.2 Å². The Labute approximate surface area is 68.9 Å². The number of carboxylic acid groups (broad SMARTS) is 1. The van der Waals surface area contributed by atoms with E-state index in [1.807, 2.05) is 0 Å². The summed E-state index contributed by atoms with van der Waals surface area (Å²) >= 11 is 0. The maximum atomic E-state index is 10.9. The number of hydrogen-bond acceptors (Lipinski definition) is 3. The molecule has 0 aromatic heterocycles. The Bertz CT molecular complexity index is 236. The quantitative estimate of drug-likeness (QED) is 0.581. The molecule has 1 rings (SSSR count). The topological polar surface area (TPSA) is 77.8 Å². The van der Waals surface area contributed by atoms with Crippen molar-refractivity contribution < 1.29 is 19.8 Å². The van der Waals surface area contributed by atoms with Crippen molar-refractivity contribution in [3.63, 3.8) is 0 Å². The normalized spacial score (nSPS) is 21.9. The Balaban J connectivity index is 2.42. The zero-order chi connectivity index (χ0) is 9.14. The van der Waals surface area contributed by atoms with Crippen molar-refractivity contribution in [3.8, 4) is 0 Å². The average molecular weight is 171 g/mol. The van der Waals surface area contributed by atoms with E-state index in [2.05, 4.69) is 0 Å². The highest BCUT2D eigenvalue weighted by molar-refractivity contribution is 5.90. The summed E-state index contributed by atoms with van der Waals surface area (Å²) in [7, 11) is 0. The zero-order valence-corrected chi connectivity index (χ0v) is 6.30. The Morgan fingerprint density at radius 3 is 2.75 bits per heavy atom. The van der Waals surface area contributed by atoms with E-state index < -0.39 is 12.2 Å². The smallest absolute Gasteiger partial charge is 0.305 e. The van der Waals surface area contributed by atoms with Crippen molar-refractivity contribution in [2.45, 2.75) is 12.6 Å². The average Bonchev–Trinajstić information content (AvgIpc) is 2.28. The fourth-order valence-electron chi connectivity index (χ4n) is 0.957. The van der Waals surface area contributed by atoms with Gasteiger partial charge in [-0.05, 0) is 6.08 Å². The van der Waals surface area contributed by atoms with Crippen LogP contribution in [0.15, 0.2) is 12.2 Å². The van der Waals surface area contributed by atoms with Crippen molar-refractivity contribution in [2.24, 2.45) is 0 Å². The number of carbonyl (C=O) groups excluding carboxylic acids is 1. The monoisotopic (exact) mass is 171 g/mol. The number of hydrogen-bond donors (Lipinski definition) is 2. The molecule has 0 aliphatic carbocycles. The molecule has 0 saturated carbocycles. The molecule has 66 valence electrons. The SMILES string of the molecule is O=C(O)CCN1C(=O)C=CC1O. The van der Waals surface area contributed by atoms with Crippen LogP contribution in [0.1, 0.15) is 6.42 Å². The minimum Gasteiger partial charge on any atom is -0.481 e. The standard InChI is InChI=1S/C7H9NO4/c9-5-1-2-6(10)8(5)4-3-7(11)12/h1-2,5,9H,3-4H2,(H,11,12). The van der Waals surface area contributed by atoms with Gasteiger partial charge in [-0.25, -0.2) is 0 Å². The lowest BCUT2D eigenvalue weighted by Gasteiger charge is -2.18. The second-order valence-corrected chi connectivity index (χ2v) is 2.45. The Hall–Kier alpha value is -1.36. The lowest BCUT2D eigenvalue weighted by atomic mass is 10.4. The van der Waals surface area contributed by atoms with Crippen molar-refractivity contribution >= 4 is 11.9 Å². The van der Waals surface area contributed by atoms with Gasteiger partial charge in [0.15, 0.2) is 0 Å². The molecule has 1 unspecified atom stereocenters. The van der Waals surface area contributed by atoms with Crippen molar-refractivity contribution in [2.75, 3.05) is 6.54 Å². The van der Waals surface area contributed by atoms with Gasteiger partial charge in [0.25, 0.3) is 0 Å². The fourth-order valence-corrected chi connectivity index (χ4v) is 0.957. The Kier molecular flexibility index (Phi) is 2.44. The molecule has 0 bridgehead atoms. The fraction of sp³-hybridized carbons (Fsp3) is 0.429. The van der Waals surface area contributed by atoms with Gasteiger partial charge in [0.05, 0.1) is 6.42 Å². The van der Waals surface area contributed by atoms with E-state index in [9.17, 15) is 9.59 Å². The molecule has 2 N–H and O–H groups in total. The largest absolute Gasteiger partial charge is 0.481 e. The molecular weight excluding hydrogens is 162 g/mol. The minimum absolute atomic E-state index is 0.0440. The minimum atomic E-state index is -0.984. The summed E-state index contributed by atoms with van der Waals surface area (Å²) in [5, 5.41) is 17.4. The molecule has 1 heterocycles. The summed E-state index contributed by atoms with van der Waals surface area (Å²) in [6, 6.07) is 0. The van der Waals surface area contributed by atoms with Gasteiger partial charge in [-0.1, -0.05) is 0 Å². The second kappa shape index (κ2) is 3.36. The highest BCUT2D eigenvalue weighted by atomic mass is 16.4. The van der Waals surface area contributed by atoms with Crippen LogP contribution in [0.3, 0.4) is 0 Å². The van der Waals surface area contributed by atoms with E-state index in [0.29, 0.717) is 0 Å². The lowest BCUT2D eigenvalue weighted by Crippen LogP contribution is -2.35. The summed E-state index contributed by atoms with van der Waals surface area (Å²) in [6.07, 6.45) is 1.44. The number of nitrogens with zero attached hydrogens (tertiary/aromatic N) is 1. The molecule has 1 aliphatic rings. The highest BCUT2D eigenvalue weighted by Gasteiger charge is 2.23. The molecule has 0 aromatic rings. The molecule has 1 aliphatic heterocycles. The van der Waals surface area contributed by atoms with Crippen molar-refractivity contribution in [1.29, 1.82) is 0 Å². The second-order valence-electron chi connectivity index (χ2n) is 2.45. The van der Waals surface area contributed by atoms with Gasteiger partial charge in [-0.15, -0.1) is 0 Å². The van der Waals surface area contributed by atoms with Crippen LogP contribution in [-0.2, 0) is 9.59 Å². The molecule has 5 nitrogen and oxygen atoms in total. The van der Waals surface area contributed by atoms with E-state index in [4.69, 9.17) is 10.2 Å². The first-order valence-electron chi connectivity index (χ1n) is 3.50. The van der Waals surface area contributed by atoms with Crippen LogP contribution >= 0.6 is 0 Å². The number of carboxylic acids is 1. The highest BCUT2D eigenvalue weighted by Crippen LogP contribution is 2.08. The third kappa shape index (κ3) is 1.82. The molecule has 1 atom stereocenters. The van der Waals surface area contributed by atoms with Gasteiger partial charge in [-0.2, -0.15) is 0 Å². The summed E-state index contributed by atoms with van der Waals surface area (Å²) in [6.45, 7) is 0.0440. The zero-order valence-electron chi connectivity index (χ0n) is 6.30. The summed E-state index contributed by atoms with van der Waals surface area (Å²) < 4.78 is 0. The third-order valence-electron chi connectivity index (χ3n) is 1.58.